The van der Waals surface area contributed by atoms with E-state index in [1.165, 1.54) is 30.8 Å². The molecule has 190 valence electrons. The highest BCUT2D eigenvalue weighted by Crippen LogP contribution is 2.13. The molecule has 1 rings (SSSR count). The molecule has 0 bridgehead atoms. The molecule has 0 aliphatic carbocycles. The smallest absolute Gasteiger partial charge is 0.325 e. The molecule has 0 radical (unpaired) electrons. The average Bonchev–Trinajstić information content (AvgIpc) is 2.80. The molecule has 0 saturated carbocycles. The van der Waals surface area contributed by atoms with Crippen molar-refractivity contribution in [2.24, 2.45) is 11.7 Å². The second-order valence-corrected chi connectivity index (χ2v) is 9.25. The molecule has 0 aromatic heterocycles. The predicted molar refractivity (Wildman–Crippen MR) is 131 cm³/mol. The van der Waals surface area contributed by atoms with Crippen LogP contribution in [0.1, 0.15) is 39.2 Å². The van der Waals surface area contributed by atoms with Gasteiger partial charge in [-0.2, -0.15) is 11.8 Å². The summed E-state index contributed by atoms with van der Waals surface area (Å²) >= 11 is 1.49. The molecule has 7 N–H and O–H groups in total. The SMILES string of the molecule is CCC(C)C(NC(=O)C(N)Cc1ccc(O)cc1)C(=O)NC(CCSC)C(=O)NC(C)C(=O)O. The summed E-state index contributed by atoms with van der Waals surface area (Å²) in [7, 11) is 0. The molecule has 1 aromatic carbocycles. The number of phenolic OH excluding ortho intramolecular Hbond substituents is 1. The molecular formula is C23H36N4O6S. The second-order valence-electron chi connectivity index (χ2n) is 8.26. The molecular weight excluding hydrogens is 460 g/mol. The van der Waals surface area contributed by atoms with Gasteiger partial charge in [0.15, 0.2) is 0 Å². The number of carboxylic acid groups (broad SMARTS) is 1. The quantitative estimate of drug-likeness (QED) is 0.218. The highest BCUT2D eigenvalue weighted by Gasteiger charge is 2.31. The molecule has 0 aliphatic rings. The zero-order valence-corrected chi connectivity index (χ0v) is 20.9. The van der Waals surface area contributed by atoms with Crippen LogP contribution >= 0.6 is 11.8 Å². The molecule has 11 heteroatoms. The summed E-state index contributed by atoms with van der Waals surface area (Å²) in [5.41, 5.74) is 6.80. The van der Waals surface area contributed by atoms with Gasteiger partial charge in [-0.15, -0.1) is 0 Å². The van der Waals surface area contributed by atoms with Crippen molar-refractivity contribution in [3.63, 3.8) is 0 Å². The molecule has 0 spiro atoms. The van der Waals surface area contributed by atoms with Gasteiger partial charge in [0.05, 0.1) is 6.04 Å². The minimum absolute atomic E-state index is 0.105. The summed E-state index contributed by atoms with van der Waals surface area (Å²) in [6.45, 7) is 5.02. The summed E-state index contributed by atoms with van der Waals surface area (Å²) < 4.78 is 0. The maximum absolute atomic E-state index is 13.1. The Balaban J connectivity index is 2.91. The number of phenols is 1. The van der Waals surface area contributed by atoms with Crippen LogP contribution in [0.4, 0.5) is 0 Å². The summed E-state index contributed by atoms with van der Waals surface area (Å²) in [6.07, 6.45) is 2.96. The van der Waals surface area contributed by atoms with Crippen molar-refractivity contribution >= 4 is 35.5 Å². The Kier molecular flexibility index (Phi) is 12.4. The first kappa shape index (κ1) is 29.2. The Hall–Kier alpha value is -2.79. The van der Waals surface area contributed by atoms with Crippen molar-refractivity contribution in [2.75, 3.05) is 12.0 Å². The van der Waals surface area contributed by atoms with Crippen LogP contribution in [0, 0.1) is 5.92 Å². The van der Waals surface area contributed by atoms with Crippen LogP contribution in [0.2, 0.25) is 0 Å². The molecule has 0 fully saturated rings. The number of rotatable bonds is 14. The lowest BCUT2D eigenvalue weighted by Gasteiger charge is -2.27. The van der Waals surface area contributed by atoms with E-state index in [1.54, 1.807) is 19.1 Å². The van der Waals surface area contributed by atoms with Gasteiger partial charge < -0.3 is 31.9 Å². The third kappa shape index (κ3) is 9.60. The number of thioether (sulfide) groups is 1. The Morgan fingerprint density at radius 2 is 1.62 bits per heavy atom. The van der Waals surface area contributed by atoms with E-state index in [9.17, 15) is 24.3 Å². The average molecular weight is 497 g/mol. The molecule has 0 aliphatic heterocycles. The lowest BCUT2D eigenvalue weighted by atomic mass is 9.96. The monoisotopic (exact) mass is 496 g/mol. The fraction of sp³-hybridized carbons (Fsp3) is 0.565. The highest BCUT2D eigenvalue weighted by molar-refractivity contribution is 7.98. The number of aliphatic carboxylic acids is 1. The van der Waals surface area contributed by atoms with Crippen LogP contribution in [-0.4, -0.2) is 70.1 Å². The summed E-state index contributed by atoms with van der Waals surface area (Å²) in [4.78, 5) is 49.5. The van der Waals surface area contributed by atoms with Crippen molar-refractivity contribution in [1.29, 1.82) is 0 Å². The molecule has 1 aromatic rings. The van der Waals surface area contributed by atoms with Gasteiger partial charge in [0.2, 0.25) is 17.7 Å². The summed E-state index contributed by atoms with van der Waals surface area (Å²) in [5.74, 6) is -2.41. The number of hydrogen-bond acceptors (Lipinski definition) is 7. The molecule has 0 heterocycles. The van der Waals surface area contributed by atoms with Crippen LogP contribution in [0.5, 0.6) is 5.75 Å². The Morgan fingerprint density at radius 3 is 2.15 bits per heavy atom. The van der Waals surface area contributed by atoms with E-state index in [0.717, 1.165) is 5.56 Å². The third-order valence-corrected chi connectivity index (χ3v) is 6.14. The Bertz CT molecular complexity index is 835. The van der Waals surface area contributed by atoms with Crippen molar-refractivity contribution in [2.45, 2.75) is 64.2 Å². The van der Waals surface area contributed by atoms with Crippen LogP contribution in [0.3, 0.4) is 0 Å². The standard InChI is InChI=1S/C23H36N4O6S/c1-5-13(2)19(27-20(29)17(24)12-15-6-8-16(28)9-7-15)22(31)26-18(10-11-34-4)21(30)25-14(3)23(32)33/h6-9,13-14,17-19,28H,5,10-12,24H2,1-4H3,(H,25,30)(H,26,31)(H,27,29)(H,32,33). The van der Waals surface area contributed by atoms with E-state index in [-0.39, 0.29) is 18.1 Å². The van der Waals surface area contributed by atoms with Crippen molar-refractivity contribution in [3.8, 4) is 5.75 Å². The lowest BCUT2D eigenvalue weighted by Crippen LogP contribution is -2.58. The van der Waals surface area contributed by atoms with Crippen LogP contribution in [-0.2, 0) is 25.6 Å². The fourth-order valence-electron chi connectivity index (χ4n) is 3.08. The number of carbonyl (C=O) groups is 4. The van der Waals surface area contributed by atoms with E-state index < -0.39 is 47.9 Å². The van der Waals surface area contributed by atoms with Gasteiger partial charge in [0.25, 0.3) is 0 Å². The van der Waals surface area contributed by atoms with Crippen LogP contribution < -0.4 is 21.7 Å². The fourth-order valence-corrected chi connectivity index (χ4v) is 3.55. The Morgan fingerprint density at radius 1 is 1.00 bits per heavy atom. The Labute approximate surface area is 204 Å². The number of carbonyl (C=O) groups excluding carboxylic acids is 3. The zero-order valence-electron chi connectivity index (χ0n) is 20.0. The van der Waals surface area contributed by atoms with E-state index in [4.69, 9.17) is 10.8 Å². The first-order valence-corrected chi connectivity index (χ1v) is 12.6. The molecule has 0 saturated heterocycles. The largest absolute Gasteiger partial charge is 0.508 e. The molecule has 3 amide bonds. The molecule has 5 atom stereocenters. The third-order valence-electron chi connectivity index (χ3n) is 5.49. The first-order valence-electron chi connectivity index (χ1n) is 11.2. The molecule has 5 unspecified atom stereocenters. The van der Waals surface area contributed by atoms with Gasteiger partial charge in [-0.3, -0.25) is 19.2 Å². The predicted octanol–water partition coefficient (Wildman–Crippen LogP) is 0.620. The number of amides is 3. The van der Waals surface area contributed by atoms with Crippen LogP contribution in [0.25, 0.3) is 0 Å². The highest BCUT2D eigenvalue weighted by atomic mass is 32.2. The maximum atomic E-state index is 13.1. The van der Waals surface area contributed by atoms with Gasteiger partial charge in [-0.05, 0) is 55.4 Å². The van der Waals surface area contributed by atoms with Gasteiger partial charge in [0.1, 0.15) is 23.9 Å². The minimum Gasteiger partial charge on any atom is -0.508 e. The molecule has 34 heavy (non-hydrogen) atoms. The van der Waals surface area contributed by atoms with E-state index in [1.807, 2.05) is 13.2 Å². The maximum Gasteiger partial charge on any atom is 0.325 e. The van der Waals surface area contributed by atoms with Crippen molar-refractivity contribution < 1.29 is 29.4 Å². The van der Waals surface area contributed by atoms with Gasteiger partial charge in [0, 0.05) is 0 Å². The second kappa shape index (κ2) is 14.5. The number of nitrogens with two attached hydrogens (primary N) is 1. The lowest BCUT2D eigenvalue weighted by molar-refractivity contribution is -0.141. The van der Waals surface area contributed by atoms with Gasteiger partial charge in [-0.25, -0.2) is 0 Å². The van der Waals surface area contributed by atoms with Gasteiger partial charge >= 0.3 is 5.97 Å². The van der Waals surface area contributed by atoms with Gasteiger partial charge in [-0.1, -0.05) is 32.4 Å². The number of hydrogen-bond donors (Lipinski definition) is 6. The number of carboxylic acids is 1. The van der Waals surface area contributed by atoms with Crippen molar-refractivity contribution in [1.82, 2.24) is 16.0 Å². The number of nitrogens with one attached hydrogen (secondary N) is 3. The van der Waals surface area contributed by atoms with E-state index in [2.05, 4.69) is 16.0 Å². The number of benzene rings is 1. The van der Waals surface area contributed by atoms with E-state index in [0.29, 0.717) is 18.6 Å². The normalized spacial score (nSPS) is 15.3. The summed E-state index contributed by atoms with van der Waals surface area (Å²) in [6, 6.07) is 2.42. The summed E-state index contributed by atoms with van der Waals surface area (Å²) in [5, 5.41) is 26.2. The first-order chi connectivity index (χ1) is 16.0. The number of aromatic hydroxyl groups is 1. The topological polar surface area (TPSA) is 171 Å². The minimum atomic E-state index is -1.18. The molecule has 10 nitrogen and oxygen atoms in total. The zero-order chi connectivity index (χ0) is 25.8. The van der Waals surface area contributed by atoms with Crippen LogP contribution in [0.15, 0.2) is 24.3 Å². The van der Waals surface area contributed by atoms with E-state index >= 15 is 0 Å². The van der Waals surface area contributed by atoms with Crippen molar-refractivity contribution in [3.05, 3.63) is 29.8 Å².